The van der Waals surface area contributed by atoms with Crippen LogP contribution in [0, 0.1) is 17.7 Å². The van der Waals surface area contributed by atoms with Crippen molar-refractivity contribution in [1.82, 2.24) is 10.3 Å². The van der Waals surface area contributed by atoms with Gasteiger partial charge in [0.1, 0.15) is 11.6 Å². The number of aromatic nitrogens is 1. The molecule has 20 heavy (non-hydrogen) atoms. The van der Waals surface area contributed by atoms with Gasteiger partial charge in [0.05, 0.1) is 6.20 Å². The van der Waals surface area contributed by atoms with Gasteiger partial charge in [-0.25, -0.2) is 9.37 Å². The molecule has 1 aromatic rings. The standard InChI is InChI=1S/C16H24FN3/c1-2-6-18-8-14-7-15(17)9-19-16(14)20-10-12-4-3-5-13(12)11-20/h7,9,12-13,18H,2-6,8,10-11H2,1H3. The highest BCUT2D eigenvalue weighted by Crippen LogP contribution is 2.39. The Hall–Kier alpha value is -1.16. The second-order valence-corrected chi connectivity index (χ2v) is 6.17. The topological polar surface area (TPSA) is 28.2 Å². The monoisotopic (exact) mass is 277 g/mol. The first kappa shape index (κ1) is 13.8. The lowest BCUT2D eigenvalue weighted by molar-refractivity contribution is 0.494. The molecule has 1 saturated carbocycles. The summed E-state index contributed by atoms with van der Waals surface area (Å²) in [7, 11) is 0. The fourth-order valence-corrected chi connectivity index (χ4v) is 3.70. The Bertz CT molecular complexity index is 451. The zero-order valence-corrected chi connectivity index (χ0v) is 12.2. The van der Waals surface area contributed by atoms with E-state index >= 15 is 0 Å². The molecule has 1 aliphatic carbocycles. The van der Waals surface area contributed by atoms with Crippen LogP contribution >= 0.6 is 0 Å². The van der Waals surface area contributed by atoms with Crippen molar-refractivity contribution in [3.05, 3.63) is 23.6 Å². The van der Waals surface area contributed by atoms with Crippen LogP contribution in [0.2, 0.25) is 0 Å². The number of nitrogens with one attached hydrogen (secondary N) is 1. The molecule has 0 aromatic carbocycles. The zero-order valence-electron chi connectivity index (χ0n) is 12.2. The molecule has 1 saturated heterocycles. The highest BCUT2D eigenvalue weighted by Gasteiger charge is 2.37. The molecule has 110 valence electrons. The Morgan fingerprint density at radius 1 is 1.35 bits per heavy atom. The van der Waals surface area contributed by atoms with Crippen molar-refractivity contribution in [2.24, 2.45) is 11.8 Å². The average molecular weight is 277 g/mol. The molecule has 2 atom stereocenters. The third-order valence-electron chi connectivity index (χ3n) is 4.68. The maximum absolute atomic E-state index is 13.5. The van der Waals surface area contributed by atoms with Gasteiger partial charge in [-0.1, -0.05) is 13.3 Å². The lowest BCUT2D eigenvalue weighted by Crippen LogP contribution is -2.25. The van der Waals surface area contributed by atoms with Crippen LogP contribution in [0.1, 0.15) is 38.2 Å². The van der Waals surface area contributed by atoms with Crippen LogP contribution in [-0.4, -0.2) is 24.6 Å². The predicted molar refractivity (Wildman–Crippen MR) is 79.2 cm³/mol. The van der Waals surface area contributed by atoms with Crippen molar-refractivity contribution in [1.29, 1.82) is 0 Å². The van der Waals surface area contributed by atoms with Gasteiger partial charge in [-0.3, -0.25) is 0 Å². The van der Waals surface area contributed by atoms with Gasteiger partial charge in [0.15, 0.2) is 0 Å². The number of anilines is 1. The largest absolute Gasteiger partial charge is 0.356 e. The van der Waals surface area contributed by atoms with E-state index in [9.17, 15) is 4.39 Å². The van der Waals surface area contributed by atoms with E-state index < -0.39 is 0 Å². The highest BCUT2D eigenvalue weighted by molar-refractivity contribution is 5.48. The van der Waals surface area contributed by atoms with Crippen LogP contribution in [0.25, 0.3) is 0 Å². The normalized spacial score (nSPS) is 25.2. The molecule has 1 aliphatic heterocycles. The van der Waals surface area contributed by atoms with Crippen molar-refractivity contribution in [3.63, 3.8) is 0 Å². The Kier molecular flexibility index (Phi) is 4.20. The minimum Gasteiger partial charge on any atom is -0.356 e. The molecular weight excluding hydrogens is 253 g/mol. The number of hydrogen-bond acceptors (Lipinski definition) is 3. The third-order valence-corrected chi connectivity index (χ3v) is 4.68. The first-order chi connectivity index (χ1) is 9.78. The lowest BCUT2D eigenvalue weighted by atomic mass is 10.0. The number of halogens is 1. The molecule has 0 radical (unpaired) electrons. The van der Waals surface area contributed by atoms with Gasteiger partial charge in [-0.2, -0.15) is 0 Å². The third kappa shape index (κ3) is 2.80. The van der Waals surface area contributed by atoms with E-state index in [0.29, 0.717) is 6.54 Å². The van der Waals surface area contributed by atoms with E-state index in [1.165, 1.54) is 25.5 Å². The molecule has 2 unspecified atom stereocenters. The molecule has 3 rings (SSSR count). The second kappa shape index (κ2) is 6.08. The van der Waals surface area contributed by atoms with Gasteiger partial charge in [0, 0.05) is 25.2 Å². The zero-order chi connectivity index (χ0) is 13.9. The summed E-state index contributed by atoms with van der Waals surface area (Å²) in [4.78, 5) is 6.75. The Balaban J connectivity index is 1.74. The first-order valence-electron chi connectivity index (χ1n) is 7.88. The molecule has 0 bridgehead atoms. The second-order valence-electron chi connectivity index (χ2n) is 6.17. The molecule has 3 nitrogen and oxygen atoms in total. The lowest BCUT2D eigenvalue weighted by Gasteiger charge is -2.21. The van der Waals surface area contributed by atoms with Crippen LogP contribution in [0.15, 0.2) is 12.3 Å². The average Bonchev–Trinajstić information content (AvgIpc) is 3.00. The van der Waals surface area contributed by atoms with Crippen molar-refractivity contribution in [2.45, 2.75) is 39.2 Å². The minimum absolute atomic E-state index is 0.235. The molecule has 0 amide bonds. The fourth-order valence-electron chi connectivity index (χ4n) is 3.70. The Labute approximate surface area is 120 Å². The molecule has 1 aromatic heterocycles. The summed E-state index contributed by atoms with van der Waals surface area (Å²) in [5.41, 5.74) is 0.999. The summed E-state index contributed by atoms with van der Waals surface area (Å²) < 4.78 is 13.5. The maximum Gasteiger partial charge on any atom is 0.141 e. The number of fused-ring (bicyclic) bond motifs is 1. The van der Waals surface area contributed by atoms with Crippen molar-refractivity contribution >= 4 is 5.82 Å². The van der Waals surface area contributed by atoms with Gasteiger partial charge < -0.3 is 10.2 Å². The van der Waals surface area contributed by atoms with E-state index in [1.807, 2.05) is 0 Å². The SMILES string of the molecule is CCCNCc1cc(F)cnc1N1CC2CCCC2C1. The number of pyridine rings is 1. The minimum atomic E-state index is -0.235. The van der Waals surface area contributed by atoms with Gasteiger partial charge in [-0.05, 0) is 43.7 Å². The summed E-state index contributed by atoms with van der Waals surface area (Å²) in [6.45, 7) is 6.01. The van der Waals surface area contributed by atoms with E-state index in [2.05, 4.69) is 22.1 Å². The fraction of sp³-hybridized carbons (Fsp3) is 0.688. The molecular formula is C16H24FN3. The Morgan fingerprint density at radius 3 is 2.80 bits per heavy atom. The quantitative estimate of drug-likeness (QED) is 0.839. The molecule has 4 heteroatoms. The number of nitrogens with zero attached hydrogens (tertiary/aromatic N) is 2. The predicted octanol–water partition coefficient (Wildman–Crippen LogP) is 2.96. The summed E-state index contributed by atoms with van der Waals surface area (Å²) in [5.74, 6) is 2.42. The van der Waals surface area contributed by atoms with Gasteiger partial charge in [0.2, 0.25) is 0 Å². The van der Waals surface area contributed by atoms with Gasteiger partial charge in [0.25, 0.3) is 0 Å². The van der Waals surface area contributed by atoms with Crippen molar-refractivity contribution in [3.8, 4) is 0 Å². The summed E-state index contributed by atoms with van der Waals surface area (Å²) in [5, 5.41) is 3.36. The van der Waals surface area contributed by atoms with Crippen molar-refractivity contribution < 1.29 is 4.39 Å². The van der Waals surface area contributed by atoms with Crippen LogP contribution in [-0.2, 0) is 6.54 Å². The summed E-state index contributed by atoms with van der Waals surface area (Å²) >= 11 is 0. The molecule has 0 spiro atoms. The smallest absolute Gasteiger partial charge is 0.141 e. The van der Waals surface area contributed by atoms with Crippen LogP contribution in [0.5, 0.6) is 0 Å². The molecule has 2 fully saturated rings. The van der Waals surface area contributed by atoms with Crippen LogP contribution in [0.3, 0.4) is 0 Å². The van der Waals surface area contributed by atoms with Crippen LogP contribution in [0.4, 0.5) is 10.2 Å². The van der Waals surface area contributed by atoms with E-state index in [1.54, 1.807) is 6.07 Å². The summed E-state index contributed by atoms with van der Waals surface area (Å²) in [6, 6.07) is 1.64. The number of hydrogen-bond donors (Lipinski definition) is 1. The van der Waals surface area contributed by atoms with E-state index in [4.69, 9.17) is 0 Å². The Morgan fingerprint density at radius 2 is 2.10 bits per heavy atom. The van der Waals surface area contributed by atoms with E-state index in [-0.39, 0.29) is 5.82 Å². The first-order valence-corrected chi connectivity index (χ1v) is 7.88. The molecule has 1 N–H and O–H groups in total. The van der Waals surface area contributed by atoms with E-state index in [0.717, 1.165) is 49.3 Å². The summed E-state index contributed by atoms with van der Waals surface area (Å²) in [6.07, 6.45) is 6.53. The number of rotatable bonds is 5. The van der Waals surface area contributed by atoms with Crippen LogP contribution < -0.4 is 10.2 Å². The van der Waals surface area contributed by atoms with Gasteiger partial charge >= 0.3 is 0 Å². The maximum atomic E-state index is 13.5. The van der Waals surface area contributed by atoms with Crippen molar-refractivity contribution in [2.75, 3.05) is 24.5 Å². The molecule has 2 aliphatic rings. The van der Waals surface area contributed by atoms with Gasteiger partial charge in [-0.15, -0.1) is 0 Å². The highest BCUT2D eigenvalue weighted by atomic mass is 19.1. The molecule has 2 heterocycles.